The molecule has 16 heavy (non-hydrogen) atoms. The molecule has 0 aliphatic heterocycles. The highest BCUT2D eigenvalue weighted by molar-refractivity contribution is 6.28. The lowest BCUT2D eigenvalue weighted by Gasteiger charge is -2.05. The summed E-state index contributed by atoms with van der Waals surface area (Å²) in [7, 11) is 0. The molecule has 2 nitrogen and oxygen atoms in total. The summed E-state index contributed by atoms with van der Waals surface area (Å²) in [5, 5.41) is 0.0318. The Morgan fingerprint density at radius 1 is 1.25 bits per heavy atom. The molecule has 0 N–H and O–H groups in total. The summed E-state index contributed by atoms with van der Waals surface area (Å²) < 4.78 is 26.2. The second kappa shape index (κ2) is 4.14. The Morgan fingerprint density at radius 2 is 2.00 bits per heavy atom. The van der Waals surface area contributed by atoms with Crippen LogP contribution >= 0.6 is 11.6 Å². The van der Waals surface area contributed by atoms with Crippen molar-refractivity contribution in [1.29, 1.82) is 0 Å². The molecule has 0 atom stereocenters. The van der Waals surface area contributed by atoms with Crippen molar-refractivity contribution in [3.05, 3.63) is 46.9 Å². The SMILES string of the molecule is Cc1cnc(Cl)nc1-c1ccc(F)cc1F. The molecule has 0 bridgehead atoms. The lowest BCUT2D eigenvalue weighted by Crippen LogP contribution is -1.94. The number of benzene rings is 1. The minimum atomic E-state index is -0.669. The second-order valence-corrected chi connectivity index (χ2v) is 3.63. The van der Waals surface area contributed by atoms with Crippen molar-refractivity contribution in [3.63, 3.8) is 0 Å². The second-order valence-electron chi connectivity index (χ2n) is 3.29. The Hall–Kier alpha value is -1.55. The van der Waals surface area contributed by atoms with Gasteiger partial charge >= 0.3 is 0 Å². The first-order chi connectivity index (χ1) is 7.58. The van der Waals surface area contributed by atoms with Crippen molar-refractivity contribution in [2.45, 2.75) is 6.92 Å². The van der Waals surface area contributed by atoms with Gasteiger partial charge in [-0.2, -0.15) is 0 Å². The topological polar surface area (TPSA) is 25.8 Å². The molecule has 0 radical (unpaired) electrons. The molecule has 0 saturated heterocycles. The quantitative estimate of drug-likeness (QED) is 0.714. The van der Waals surface area contributed by atoms with Crippen molar-refractivity contribution >= 4 is 11.6 Å². The zero-order chi connectivity index (χ0) is 11.7. The van der Waals surface area contributed by atoms with Gasteiger partial charge in [-0.1, -0.05) is 0 Å². The minimum absolute atomic E-state index is 0.0318. The third kappa shape index (κ3) is 2.02. The van der Waals surface area contributed by atoms with E-state index in [0.717, 1.165) is 6.07 Å². The van der Waals surface area contributed by atoms with Gasteiger partial charge in [0, 0.05) is 17.8 Å². The molecule has 0 aliphatic rings. The van der Waals surface area contributed by atoms with Gasteiger partial charge in [0.05, 0.1) is 5.69 Å². The molecule has 1 aromatic carbocycles. The first-order valence-corrected chi connectivity index (χ1v) is 4.90. The van der Waals surface area contributed by atoms with Gasteiger partial charge in [-0.25, -0.2) is 18.7 Å². The van der Waals surface area contributed by atoms with Crippen LogP contribution in [0, 0.1) is 18.6 Å². The molecule has 0 aliphatic carbocycles. The lowest BCUT2D eigenvalue weighted by molar-refractivity contribution is 0.585. The third-order valence-electron chi connectivity index (χ3n) is 2.13. The zero-order valence-corrected chi connectivity index (χ0v) is 9.09. The molecule has 5 heteroatoms. The van der Waals surface area contributed by atoms with E-state index in [4.69, 9.17) is 11.6 Å². The fourth-order valence-corrected chi connectivity index (χ4v) is 1.51. The maximum absolute atomic E-state index is 13.5. The predicted molar refractivity (Wildman–Crippen MR) is 57.1 cm³/mol. The molecule has 0 fully saturated rings. The monoisotopic (exact) mass is 240 g/mol. The summed E-state index contributed by atoms with van der Waals surface area (Å²) in [6.45, 7) is 1.73. The van der Waals surface area contributed by atoms with E-state index in [9.17, 15) is 8.78 Å². The maximum atomic E-state index is 13.5. The van der Waals surface area contributed by atoms with Crippen molar-refractivity contribution in [3.8, 4) is 11.3 Å². The van der Waals surface area contributed by atoms with E-state index in [2.05, 4.69) is 9.97 Å². The van der Waals surface area contributed by atoms with Gasteiger partial charge in [0.25, 0.3) is 0 Å². The first-order valence-electron chi connectivity index (χ1n) is 4.52. The van der Waals surface area contributed by atoms with Gasteiger partial charge in [0.1, 0.15) is 11.6 Å². The fraction of sp³-hybridized carbons (Fsp3) is 0.0909. The van der Waals surface area contributed by atoms with Crippen LogP contribution in [0.2, 0.25) is 5.28 Å². The number of hydrogen-bond donors (Lipinski definition) is 0. The standard InChI is InChI=1S/C11H7ClF2N2/c1-6-5-15-11(12)16-10(6)8-3-2-7(13)4-9(8)14/h2-5H,1H3. The average molecular weight is 241 g/mol. The normalized spacial score (nSPS) is 10.5. The molecule has 2 rings (SSSR count). The van der Waals surface area contributed by atoms with E-state index < -0.39 is 11.6 Å². The number of aromatic nitrogens is 2. The van der Waals surface area contributed by atoms with E-state index in [1.54, 1.807) is 6.92 Å². The lowest BCUT2D eigenvalue weighted by atomic mass is 10.1. The van der Waals surface area contributed by atoms with E-state index in [1.165, 1.54) is 18.3 Å². The third-order valence-corrected chi connectivity index (χ3v) is 2.31. The highest BCUT2D eigenvalue weighted by Gasteiger charge is 2.11. The molecule has 2 aromatic rings. The van der Waals surface area contributed by atoms with Crippen molar-refractivity contribution in [2.24, 2.45) is 0 Å². The molecule has 82 valence electrons. The number of nitrogens with zero attached hydrogens (tertiary/aromatic N) is 2. The van der Waals surface area contributed by atoms with Gasteiger partial charge in [-0.15, -0.1) is 0 Å². The van der Waals surface area contributed by atoms with Gasteiger partial charge < -0.3 is 0 Å². The fourth-order valence-electron chi connectivity index (χ4n) is 1.37. The molecule has 1 heterocycles. The Balaban J connectivity index is 2.62. The van der Waals surface area contributed by atoms with Crippen LogP contribution < -0.4 is 0 Å². The van der Waals surface area contributed by atoms with Crippen LogP contribution in [-0.2, 0) is 0 Å². The molecule has 0 unspecified atom stereocenters. The smallest absolute Gasteiger partial charge is 0.222 e. The van der Waals surface area contributed by atoms with Crippen LogP contribution in [0.1, 0.15) is 5.56 Å². The van der Waals surface area contributed by atoms with Crippen molar-refractivity contribution in [2.75, 3.05) is 0 Å². The minimum Gasteiger partial charge on any atom is -0.226 e. The predicted octanol–water partition coefficient (Wildman–Crippen LogP) is 3.38. The highest BCUT2D eigenvalue weighted by atomic mass is 35.5. The number of hydrogen-bond acceptors (Lipinski definition) is 2. The average Bonchev–Trinajstić information content (AvgIpc) is 2.22. The van der Waals surface area contributed by atoms with Gasteiger partial charge in [-0.3, -0.25) is 0 Å². The summed E-state index contributed by atoms with van der Waals surface area (Å²) in [5.41, 5.74) is 1.26. The molecule has 0 saturated carbocycles. The van der Waals surface area contributed by atoms with Crippen molar-refractivity contribution in [1.82, 2.24) is 9.97 Å². The molecular formula is C11H7ClF2N2. The van der Waals surface area contributed by atoms with Crippen LogP contribution in [0.15, 0.2) is 24.4 Å². The largest absolute Gasteiger partial charge is 0.226 e. The Morgan fingerprint density at radius 3 is 2.69 bits per heavy atom. The first kappa shape index (κ1) is 11.0. The van der Waals surface area contributed by atoms with Crippen LogP contribution in [-0.4, -0.2) is 9.97 Å². The van der Waals surface area contributed by atoms with Crippen LogP contribution in [0.3, 0.4) is 0 Å². The van der Waals surface area contributed by atoms with Crippen LogP contribution in [0.25, 0.3) is 11.3 Å². The van der Waals surface area contributed by atoms with E-state index in [0.29, 0.717) is 11.3 Å². The van der Waals surface area contributed by atoms with Crippen molar-refractivity contribution < 1.29 is 8.78 Å². The maximum Gasteiger partial charge on any atom is 0.222 e. The van der Waals surface area contributed by atoms with Gasteiger partial charge in [0.15, 0.2) is 0 Å². The number of aryl methyl sites for hydroxylation is 1. The van der Waals surface area contributed by atoms with E-state index in [1.807, 2.05) is 0 Å². The Bertz CT molecular complexity index is 544. The summed E-state index contributed by atoms with van der Waals surface area (Å²) in [6, 6.07) is 3.31. The number of rotatable bonds is 1. The molecule has 0 spiro atoms. The number of halogens is 3. The van der Waals surface area contributed by atoms with Crippen LogP contribution in [0.4, 0.5) is 8.78 Å². The summed E-state index contributed by atoms with van der Waals surface area (Å²) in [6.07, 6.45) is 1.49. The van der Waals surface area contributed by atoms with Crippen LogP contribution in [0.5, 0.6) is 0 Å². The molecule has 0 amide bonds. The van der Waals surface area contributed by atoms with Gasteiger partial charge in [-0.05, 0) is 36.2 Å². The highest BCUT2D eigenvalue weighted by Crippen LogP contribution is 2.25. The van der Waals surface area contributed by atoms with E-state index >= 15 is 0 Å². The molecule has 1 aromatic heterocycles. The summed E-state index contributed by atoms with van der Waals surface area (Å²) >= 11 is 5.63. The van der Waals surface area contributed by atoms with E-state index in [-0.39, 0.29) is 10.8 Å². The Kier molecular flexibility index (Phi) is 2.83. The molecular weight excluding hydrogens is 234 g/mol. The Labute approximate surface area is 95.9 Å². The van der Waals surface area contributed by atoms with Gasteiger partial charge in [0.2, 0.25) is 5.28 Å². The summed E-state index contributed by atoms with van der Waals surface area (Å²) in [5.74, 6) is -1.29. The zero-order valence-electron chi connectivity index (χ0n) is 8.34. The summed E-state index contributed by atoms with van der Waals surface area (Å²) in [4.78, 5) is 7.70.